The molecule has 0 aliphatic rings. The Kier molecular flexibility index (Phi) is 5.53. The quantitative estimate of drug-likeness (QED) is 0.819. The summed E-state index contributed by atoms with van der Waals surface area (Å²) in [6.45, 7) is 6.96. The van der Waals surface area contributed by atoms with Crippen LogP contribution in [0.1, 0.15) is 36.7 Å². The summed E-state index contributed by atoms with van der Waals surface area (Å²) in [6.07, 6.45) is 1.64. The second kappa shape index (κ2) is 7.59. The fourth-order valence-corrected chi connectivity index (χ4v) is 2.23. The molecule has 1 heterocycles. The molecule has 22 heavy (non-hydrogen) atoms. The molecule has 0 saturated carbocycles. The standard InChI is InChI=1S/C18H22N2O2/c1-4-22-17-16(11-8-12-19-17)18(21)20(14(2)3)13-15-9-6-5-7-10-15/h5-12,14H,4,13H2,1-3H3. The van der Waals surface area contributed by atoms with Gasteiger partial charge in [-0.25, -0.2) is 4.98 Å². The van der Waals surface area contributed by atoms with Crippen LogP contribution in [0.3, 0.4) is 0 Å². The number of amides is 1. The van der Waals surface area contributed by atoms with E-state index in [0.717, 1.165) is 5.56 Å². The lowest BCUT2D eigenvalue weighted by Crippen LogP contribution is -2.36. The number of benzene rings is 1. The molecule has 4 heteroatoms. The van der Waals surface area contributed by atoms with Gasteiger partial charge in [-0.05, 0) is 38.5 Å². The highest BCUT2D eigenvalue weighted by atomic mass is 16.5. The molecule has 2 rings (SSSR count). The van der Waals surface area contributed by atoms with Crippen LogP contribution < -0.4 is 4.74 Å². The topological polar surface area (TPSA) is 42.4 Å². The largest absolute Gasteiger partial charge is 0.477 e. The second-order valence-corrected chi connectivity index (χ2v) is 5.30. The minimum Gasteiger partial charge on any atom is -0.477 e. The maximum atomic E-state index is 12.9. The van der Waals surface area contributed by atoms with E-state index in [-0.39, 0.29) is 11.9 Å². The van der Waals surface area contributed by atoms with Crippen molar-refractivity contribution in [1.82, 2.24) is 9.88 Å². The first-order valence-corrected chi connectivity index (χ1v) is 7.56. The maximum absolute atomic E-state index is 12.9. The van der Waals surface area contributed by atoms with Crippen LogP contribution in [0.4, 0.5) is 0 Å². The van der Waals surface area contributed by atoms with Crippen molar-refractivity contribution in [2.75, 3.05) is 6.61 Å². The van der Waals surface area contributed by atoms with Crippen molar-refractivity contribution < 1.29 is 9.53 Å². The van der Waals surface area contributed by atoms with Crippen molar-refractivity contribution >= 4 is 5.91 Å². The summed E-state index contributed by atoms with van der Waals surface area (Å²) in [5, 5.41) is 0. The third-order valence-electron chi connectivity index (χ3n) is 3.36. The van der Waals surface area contributed by atoms with Crippen molar-refractivity contribution in [2.45, 2.75) is 33.4 Å². The van der Waals surface area contributed by atoms with Crippen molar-refractivity contribution in [2.24, 2.45) is 0 Å². The van der Waals surface area contributed by atoms with E-state index in [4.69, 9.17) is 4.74 Å². The van der Waals surface area contributed by atoms with Gasteiger partial charge < -0.3 is 9.64 Å². The Morgan fingerprint density at radius 3 is 2.55 bits per heavy atom. The lowest BCUT2D eigenvalue weighted by molar-refractivity contribution is 0.0685. The summed E-state index contributed by atoms with van der Waals surface area (Å²) in [5.74, 6) is 0.337. The van der Waals surface area contributed by atoms with Gasteiger partial charge in [-0.15, -0.1) is 0 Å². The van der Waals surface area contributed by atoms with Gasteiger partial charge in [0.05, 0.1) is 6.61 Å². The molecule has 1 amide bonds. The molecular formula is C18H22N2O2. The number of hydrogen-bond donors (Lipinski definition) is 0. The molecule has 1 aromatic carbocycles. The van der Waals surface area contributed by atoms with Crippen LogP contribution in [0.2, 0.25) is 0 Å². The molecule has 0 aliphatic heterocycles. The van der Waals surface area contributed by atoms with Crippen LogP contribution in [0.15, 0.2) is 48.7 Å². The number of carbonyl (C=O) groups is 1. The number of ether oxygens (including phenoxy) is 1. The predicted octanol–water partition coefficient (Wildman–Crippen LogP) is 3.53. The van der Waals surface area contributed by atoms with Crippen LogP contribution in [0, 0.1) is 0 Å². The van der Waals surface area contributed by atoms with Crippen molar-refractivity contribution in [3.05, 3.63) is 59.8 Å². The molecule has 0 unspecified atom stereocenters. The molecule has 0 bridgehead atoms. The first-order valence-electron chi connectivity index (χ1n) is 7.56. The minimum absolute atomic E-state index is 0.0598. The molecule has 1 aromatic heterocycles. The molecule has 0 atom stereocenters. The van der Waals surface area contributed by atoms with Gasteiger partial charge in [-0.3, -0.25) is 4.79 Å². The van der Waals surface area contributed by atoms with Gasteiger partial charge in [0.1, 0.15) is 5.56 Å². The second-order valence-electron chi connectivity index (χ2n) is 5.30. The maximum Gasteiger partial charge on any atom is 0.259 e. The van der Waals surface area contributed by atoms with Gasteiger partial charge in [0.15, 0.2) is 0 Å². The Morgan fingerprint density at radius 2 is 1.91 bits per heavy atom. The van der Waals surface area contributed by atoms with Crippen molar-refractivity contribution in [1.29, 1.82) is 0 Å². The fraction of sp³-hybridized carbons (Fsp3) is 0.333. The van der Waals surface area contributed by atoms with E-state index in [9.17, 15) is 4.79 Å². The normalized spacial score (nSPS) is 10.5. The highest BCUT2D eigenvalue weighted by Crippen LogP contribution is 2.20. The zero-order valence-electron chi connectivity index (χ0n) is 13.3. The van der Waals surface area contributed by atoms with Gasteiger partial charge in [-0.2, -0.15) is 0 Å². The molecule has 0 N–H and O–H groups in total. The van der Waals surface area contributed by atoms with Gasteiger partial charge in [0, 0.05) is 18.8 Å². The SMILES string of the molecule is CCOc1ncccc1C(=O)N(Cc1ccccc1)C(C)C. The highest BCUT2D eigenvalue weighted by Gasteiger charge is 2.22. The van der Waals surface area contributed by atoms with Crippen molar-refractivity contribution in [3.8, 4) is 5.88 Å². The molecular weight excluding hydrogens is 276 g/mol. The van der Waals surface area contributed by atoms with E-state index in [2.05, 4.69) is 4.98 Å². The smallest absolute Gasteiger partial charge is 0.259 e. The Hall–Kier alpha value is -2.36. The lowest BCUT2D eigenvalue weighted by atomic mass is 10.1. The average Bonchev–Trinajstić information content (AvgIpc) is 2.53. The van der Waals surface area contributed by atoms with Crippen LogP contribution in [0.25, 0.3) is 0 Å². The average molecular weight is 298 g/mol. The van der Waals surface area contributed by atoms with E-state index < -0.39 is 0 Å². The molecule has 4 nitrogen and oxygen atoms in total. The fourth-order valence-electron chi connectivity index (χ4n) is 2.23. The summed E-state index contributed by atoms with van der Waals surface area (Å²) in [7, 11) is 0. The third kappa shape index (κ3) is 3.85. The van der Waals surface area contributed by atoms with Gasteiger partial charge in [0.2, 0.25) is 5.88 Å². The Morgan fingerprint density at radius 1 is 1.18 bits per heavy atom. The monoisotopic (exact) mass is 298 g/mol. The van der Waals surface area contributed by atoms with Crippen LogP contribution in [-0.4, -0.2) is 28.4 Å². The predicted molar refractivity (Wildman–Crippen MR) is 86.9 cm³/mol. The van der Waals surface area contributed by atoms with Gasteiger partial charge in [-0.1, -0.05) is 30.3 Å². The molecule has 116 valence electrons. The molecule has 0 saturated heterocycles. The number of pyridine rings is 1. The number of carbonyl (C=O) groups excluding carboxylic acids is 1. The summed E-state index contributed by atoms with van der Waals surface area (Å²) < 4.78 is 5.48. The summed E-state index contributed by atoms with van der Waals surface area (Å²) in [4.78, 5) is 18.9. The molecule has 0 spiro atoms. The third-order valence-corrected chi connectivity index (χ3v) is 3.36. The Balaban J connectivity index is 2.27. The zero-order valence-corrected chi connectivity index (χ0v) is 13.3. The van der Waals surface area contributed by atoms with Crippen LogP contribution >= 0.6 is 0 Å². The first-order chi connectivity index (χ1) is 10.6. The van der Waals surface area contributed by atoms with Gasteiger partial charge in [0.25, 0.3) is 5.91 Å². The van der Waals surface area contributed by atoms with E-state index in [1.165, 1.54) is 0 Å². The van der Waals surface area contributed by atoms with Crippen LogP contribution in [-0.2, 0) is 6.54 Å². The molecule has 0 fully saturated rings. The minimum atomic E-state index is -0.0598. The van der Waals surface area contributed by atoms with E-state index >= 15 is 0 Å². The van der Waals surface area contributed by atoms with Gasteiger partial charge >= 0.3 is 0 Å². The highest BCUT2D eigenvalue weighted by molar-refractivity contribution is 5.96. The Bertz CT molecular complexity index is 611. The lowest BCUT2D eigenvalue weighted by Gasteiger charge is -2.27. The molecule has 0 radical (unpaired) electrons. The number of nitrogens with zero attached hydrogens (tertiary/aromatic N) is 2. The first kappa shape index (κ1) is 16.0. The van der Waals surface area contributed by atoms with E-state index in [1.807, 2.05) is 56.0 Å². The summed E-state index contributed by atoms with van der Waals surface area (Å²) in [6, 6.07) is 13.6. The van der Waals surface area contributed by atoms with Crippen LogP contribution in [0.5, 0.6) is 5.88 Å². The molecule has 2 aromatic rings. The Labute approximate surface area is 131 Å². The number of aromatic nitrogens is 1. The van der Waals surface area contributed by atoms with Crippen molar-refractivity contribution in [3.63, 3.8) is 0 Å². The summed E-state index contributed by atoms with van der Waals surface area (Å²) in [5.41, 5.74) is 1.61. The number of hydrogen-bond acceptors (Lipinski definition) is 3. The number of rotatable bonds is 6. The molecule has 0 aliphatic carbocycles. The zero-order chi connectivity index (χ0) is 15.9. The van der Waals surface area contributed by atoms with E-state index in [1.54, 1.807) is 18.3 Å². The summed E-state index contributed by atoms with van der Waals surface area (Å²) >= 11 is 0. The van der Waals surface area contributed by atoms with E-state index in [0.29, 0.717) is 24.6 Å².